The van der Waals surface area contributed by atoms with E-state index < -0.39 is 6.85 Å². The number of benzene rings is 2. The Hall–Kier alpha value is -3.21. The van der Waals surface area contributed by atoms with Gasteiger partial charge in [0.05, 0.1) is 5.69 Å². The average Bonchev–Trinajstić information content (AvgIpc) is 3.33. The molecule has 0 fully saturated rings. The fraction of sp³-hybridized carbons (Fsp3) is 0.346. The van der Waals surface area contributed by atoms with Crippen LogP contribution in [-0.4, -0.2) is 15.0 Å². The molecule has 0 N–H and O–H groups in total. The van der Waals surface area contributed by atoms with E-state index in [1.54, 1.807) is 12.1 Å². The van der Waals surface area contributed by atoms with Gasteiger partial charge in [-0.1, -0.05) is 47.6 Å². The quantitative estimate of drug-likeness (QED) is 0.292. The zero-order valence-electron chi connectivity index (χ0n) is 21.6. The van der Waals surface area contributed by atoms with Crippen molar-refractivity contribution in [2.24, 2.45) is 0 Å². The fourth-order valence-electron chi connectivity index (χ4n) is 3.77. The molecule has 5 heteroatoms. The van der Waals surface area contributed by atoms with Crippen LogP contribution in [-0.2, 0) is 10.8 Å². The van der Waals surface area contributed by atoms with Gasteiger partial charge in [-0.25, -0.2) is 15.0 Å². The van der Waals surface area contributed by atoms with E-state index in [0.29, 0.717) is 50.2 Å². The van der Waals surface area contributed by atoms with Crippen molar-refractivity contribution in [3.63, 3.8) is 0 Å². The number of rotatable bonds is 1. The summed E-state index contributed by atoms with van der Waals surface area (Å²) in [5, 5.41) is 1.24. The zero-order valence-corrected chi connectivity index (χ0v) is 18.6. The minimum Gasteiger partial charge on any atom is -0.453 e. The van der Waals surface area contributed by atoms with Gasteiger partial charge in [0.15, 0.2) is 16.7 Å². The molecule has 0 amide bonds. The van der Waals surface area contributed by atoms with Gasteiger partial charge in [-0.3, -0.25) is 0 Å². The van der Waals surface area contributed by atoms with Crippen molar-refractivity contribution < 1.29 is 12.9 Å². The van der Waals surface area contributed by atoms with Crippen molar-refractivity contribution >= 4 is 33.0 Å². The van der Waals surface area contributed by atoms with Gasteiger partial charge in [0.25, 0.3) is 0 Å². The van der Waals surface area contributed by atoms with Crippen LogP contribution >= 0.6 is 0 Å². The SMILES string of the molecule is [2H]C([2H])([2H])c1ccc(-c2cc(C(C)(C)C)ncn2)c2oc3c(ccc4oc(C(C)(C)C)nc43)c12. The molecule has 31 heavy (non-hydrogen) atoms. The molecule has 0 aliphatic rings. The molecule has 0 bridgehead atoms. The van der Waals surface area contributed by atoms with Gasteiger partial charge in [0.2, 0.25) is 5.89 Å². The molecule has 5 aromatic rings. The van der Waals surface area contributed by atoms with Crippen LogP contribution in [0.15, 0.2) is 45.5 Å². The number of hydrogen-bond acceptors (Lipinski definition) is 5. The van der Waals surface area contributed by atoms with Crippen LogP contribution in [0, 0.1) is 6.85 Å². The van der Waals surface area contributed by atoms with Crippen LogP contribution in [0.2, 0.25) is 0 Å². The van der Waals surface area contributed by atoms with Gasteiger partial charge in [-0.05, 0) is 36.7 Å². The van der Waals surface area contributed by atoms with Gasteiger partial charge in [0.1, 0.15) is 11.9 Å². The van der Waals surface area contributed by atoms with Gasteiger partial charge >= 0.3 is 0 Å². The summed E-state index contributed by atoms with van der Waals surface area (Å²) in [6, 6.07) is 9.02. The molecule has 2 aromatic carbocycles. The third-order valence-electron chi connectivity index (χ3n) is 5.50. The lowest BCUT2D eigenvalue weighted by Crippen LogP contribution is -2.13. The lowest BCUT2D eigenvalue weighted by atomic mass is 9.91. The summed E-state index contributed by atoms with van der Waals surface area (Å²) in [4.78, 5) is 13.6. The van der Waals surface area contributed by atoms with E-state index in [1.165, 1.54) is 6.33 Å². The lowest BCUT2D eigenvalue weighted by Gasteiger charge is -2.17. The summed E-state index contributed by atoms with van der Waals surface area (Å²) in [5.74, 6) is 0.595. The first-order chi connectivity index (χ1) is 15.7. The molecular weight excluding hydrogens is 386 g/mol. The highest BCUT2D eigenvalue weighted by Crippen LogP contribution is 2.41. The monoisotopic (exact) mass is 416 g/mol. The van der Waals surface area contributed by atoms with Crippen LogP contribution < -0.4 is 0 Å². The number of fused-ring (bicyclic) bond motifs is 5. The van der Waals surface area contributed by atoms with E-state index in [-0.39, 0.29) is 16.4 Å². The molecule has 3 aromatic heterocycles. The van der Waals surface area contributed by atoms with Crippen LogP contribution in [0.25, 0.3) is 44.3 Å². The number of hydrogen-bond donors (Lipinski definition) is 0. The summed E-state index contributed by atoms with van der Waals surface area (Å²) in [7, 11) is 0. The Morgan fingerprint density at radius 2 is 1.68 bits per heavy atom. The smallest absolute Gasteiger partial charge is 0.200 e. The predicted octanol–water partition coefficient (Wildman–Crippen LogP) is 7.09. The highest BCUT2D eigenvalue weighted by molar-refractivity contribution is 6.16. The Morgan fingerprint density at radius 3 is 2.39 bits per heavy atom. The second kappa shape index (κ2) is 6.39. The molecule has 0 unspecified atom stereocenters. The molecule has 0 spiro atoms. The van der Waals surface area contributed by atoms with Gasteiger partial charge in [0, 0.05) is 37.0 Å². The third kappa shape index (κ3) is 3.11. The maximum absolute atomic E-state index is 8.14. The Morgan fingerprint density at radius 1 is 0.871 bits per heavy atom. The van der Waals surface area contributed by atoms with Gasteiger partial charge in [-0.2, -0.15) is 0 Å². The fourth-order valence-corrected chi connectivity index (χ4v) is 3.77. The second-order valence-corrected chi connectivity index (χ2v) is 10.1. The van der Waals surface area contributed by atoms with Crippen LogP contribution in [0.5, 0.6) is 0 Å². The standard InChI is InChI=1S/C26H27N3O2/c1-14-8-9-15(17-12-19(25(2,3)4)28-13-27-17)22-20(14)16-10-11-18-21(23(16)31-22)29-24(30-18)26(5,6)7/h8-13H,1-7H3/i1D3. The minimum atomic E-state index is -2.31. The maximum Gasteiger partial charge on any atom is 0.200 e. The highest BCUT2D eigenvalue weighted by atomic mass is 16.4. The normalized spacial score (nSPS) is 14.8. The average molecular weight is 417 g/mol. The van der Waals surface area contributed by atoms with Gasteiger partial charge in [-0.15, -0.1) is 0 Å². The predicted molar refractivity (Wildman–Crippen MR) is 124 cm³/mol. The number of aryl methyl sites for hydroxylation is 1. The third-order valence-corrected chi connectivity index (χ3v) is 5.50. The summed E-state index contributed by atoms with van der Waals surface area (Å²) in [6.07, 6.45) is 1.54. The van der Waals surface area contributed by atoms with E-state index in [0.717, 1.165) is 5.69 Å². The number of aromatic nitrogens is 3. The molecule has 5 nitrogen and oxygen atoms in total. The van der Waals surface area contributed by atoms with Crippen molar-refractivity contribution in [1.29, 1.82) is 0 Å². The van der Waals surface area contributed by atoms with Gasteiger partial charge < -0.3 is 8.83 Å². The summed E-state index contributed by atoms with van der Waals surface area (Å²) < 4.78 is 36.8. The van der Waals surface area contributed by atoms with Crippen molar-refractivity contribution in [3.8, 4) is 11.3 Å². The number of nitrogens with zero attached hydrogens (tertiary/aromatic N) is 3. The largest absolute Gasteiger partial charge is 0.453 e. The summed E-state index contributed by atoms with van der Waals surface area (Å²) in [5.41, 5.74) is 4.21. The van der Waals surface area contributed by atoms with E-state index in [2.05, 4.69) is 30.7 Å². The summed E-state index contributed by atoms with van der Waals surface area (Å²) in [6.45, 7) is 10.0. The van der Waals surface area contributed by atoms with E-state index in [1.807, 2.05) is 39.0 Å². The highest BCUT2D eigenvalue weighted by Gasteiger charge is 2.25. The van der Waals surface area contributed by atoms with Crippen LogP contribution in [0.3, 0.4) is 0 Å². The molecule has 0 radical (unpaired) electrons. The first-order valence-electron chi connectivity index (χ1n) is 11.9. The van der Waals surface area contributed by atoms with E-state index in [9.17, 15) is 0 Å². The zero-order chi connectivity index (χ0) is 24.6. The van der Waals surface area contributed by atoms with Crippen molar-refractivity contribution in [1.82, 2.24) is 15.0 Å². The Labute approximate surface area is 185 Å². The number of oxazole rings is 1. The van der Waals surface area contributed by atoms with Crippen LogP contribution in [0.4, 0.5) is 0 Å². The molecule has 5 rings (SSSR count). The van der Waals surface area contributed by atoms with Crippen molar-refractivity contribution in [3.05, 3.63) is 53.8 Å². The first kappa shape index (κ1) is 16.5. The molecule has 0 aliphatic heterocycles. The molecule has 158 valence electrons. The Bertz CT molecular complexity index is 1560. The molecule has 0 saturated carbocycles. The Balaban J connectivity index is 1.88. The number of furan rings is 1. The lowest BCUT2D eigenvalue weighted by molar-refractivity contribution is 0.411. The summed E-state index contributed by atoms with van der Waals surface area (Å²) >= 11 is 0. The molecule has 3 heterocycles. The van der Waals surface area contributed by atoms with Crippen LogP contribution in [0.1, 0.15) is 62.8 Å². The molecular formula is C26H27N3O2. The molecule has 0 aliphatic carbocycles. The molecule has 0 atom stereocenters. The van der Waals surface area contributed by atoms with Crippen molar-refractivity contribution in [2.45, 2.75) is 59.2 Å². The first-order valence-corrected chi connectivity index (χ1v) is 10.4. The Kier molecular flexibility index (Phi) is 3.40. The van der Waals surface area contributed by atoms with E-state index in [4.69, 9.17) is 17.9 Å². The molecule has 0 saturated heterocycles. The topological polar surface area (TPSA) is 65.0 Å². The van der Waals surface area contributed by atoms with Crippen molar-refractivity contribution in [2.75, 3.05) is 0 Å². The maximum atomic E-state index is 8.14. The minimum absolute atomic E-state index is 0.167. The van der Waals surface area contributed by atoms with E-state index >= 15 is 0 Å². The second-order valence-electron chi connectivity index (χ2n) is 10.1.